The fourth-order valence-electron chi connectivity index (χ4n) is 6.12. The summed E-state index contributed by atoms with van der Waals surface area (Å²) in [4.78, 5) is 0. The number of hydrogen-bond acceptors (Lipinski definition) is 1. The maximum absolute atomic E-state index is 8.51. The first-order chi connectivity index (χ1) is 17.3. The van der Waals surface area contributed by atoms with Crippen LogP contribution in [0.3, 0.4) is 0 Å². The van der Waals surface area contributed by atoms with Crippen LogP contribution in [-0.2, 0) is 6.42 Å². The average molecular weight is 472 g/mol. The van der Waals surface area contributed by atoms with E-state index in [1.54, 1.807) is 5.56 Å². The molecule has 0 heterocycles. The molecule has 35 heavy (non-hydrogen) atoms. The highest BCUT2D eigenvalue weighted by Gasteiger charge is 2.22. The highest BCUT2D eigenvalue weighted by molar-refractivity contribution is 5.26. The quantitative estimate of drug-likeness (QED) is 0.121. The van der Waals surface area contributed by atoms with E-state index in [9.17, 15) is 0 Å². The molecule has 0 spiro atoms. The molecule has 0 unspecified atom stereocenters. The summed E-state index contributed by atoms with van der Waals surface area (Å²) in [5.41, 5.74) is 3.11. The second-order valence-electron chi connectivity index (χ2n) is 11.2. The summed E-state index contributed by atoms with van der Waals surface area (Å²) < 4.78 is 0. The third-order valence-corrected chi connectivity index (χ3v) is 8.50. The van der Waals surface area contributed by atoms with Crippen molar-refractivity contribution in [1.29, 1.82) is 5.26 Å². The summed E-state index contributed by atoms with van der Waals surface area (Å²) in [7, 11) is 0. The SMILES string of the molecule is CCCCCCCc1ccc([C@H]2CC[C@H](/C=C/[C@H]3CC[C@H](CCC=CC=CC#N)CC3)CC2)cc1. The third-order valence-electron chi connectivity index (χ3n) is 8.50. The molecule has 2 aliphatic carbocycles. The van der Waals surface area contributed by atoms with Crippen molar-refractivity contribution in [2.75, 3.05) is 0 Å². The van der Waals surface area contributed by atoms with Crippen LogP contribution < -0.4 is 0 Å². The van der Waals surface area contributed by atoms with Gasteiger partial charge in [-0.25, -0.2) is 0 Å². The Hall–Kier alpha value is -2.07. The molecule has 0 bridgehead atoms. The molecule has 1 aromatic rings. The molecule has 0 N–H and O–H groups in total. The van der Waals surface area contributed by atoms with E-state index in [-0.39, 0.29) is 0 Å². The number of benzene rings is 1. The smallest absolute Gasteiger partial charge is 0.0912 e. The van der Waals surface area contributed by atoms with Crippen LogP contribution in [0.4, 0.5) is 0 Å². The van der Waals surface area contributed by atoms with Gasteiger partial charge >= 0.3 is 0 Å². The van der Waals surface area contributed by atoms with Crippen LogP contribution in [0.1, 0.15) is 120 Å². The van der Waals surface area contributed by atoms with E-state index in [0.717, 1.165) is 30.1 Å². The standard InChI is InChI=1S/C34H49N/c1-2-3-4-6-9-13-30-20-24-33(25-21-30)34-26-22-32(23-27-34)19-18-31-16-14-29(15-17-31)12-10-7-5-8-11-28-35/h5,7-8,11,18-21,24-25,29,31-32,34H,2-4,6,9-10,12-17,22-23,26-27H2,1H3/b7-5?,11-8?,19-18+/t29-,31-,32-,34-. The molecule has 1 aromatic carbocycles. The van der Waals surface area contributed by atoms with Crippen molar-refractivity contribution in [3.05, 3.63) is 71.8 Å². The highest BCUT2D eigenvalue weighted by atomic mass is 14.3. The number of nitrogens with zero attached hydrogens (tertiary/aromatic N) is 1. The number of rotatable bonds is 13. The number of hydrogen-bond donors (Lipinski definition) is 0. The average Bonchev–Trinajstić information content (AvgIpc) is 2.91. The van der Waals surface area contributed by atoms with E-state index in [1.807, 2.05) is 18.2 Å². The summed E-state index contributed by atoms with van der Waals surface area (Å²) in [6.45, 7) is 2.29. The lowest BCUT2D eigenvalue weighted by Gasteiger charge is -2.29. The van der Waals surface area contributed by atoms with Crippen molar-refractivity contribution in [1.82, 2.24) is 0 Å². The molecule has 190 valence electrons. The van der Waals surface area contributed by atoms with Crippen LogP contribution in [0.2, 0.25) is 0 Å². The lowest BCUT2D eigenvalue weighted by molar-refractivity contribution is 0.295. The summed E-state index contributed by atoms with van der Waals surface area (Å²) >= 11 is 0. The van der Waals surface area contributed by atoms with E-state index in [4.69, 9.17) is 5.26 Å². The summed E-state index contributed by atoms with van der Waals surface area (Å²) in [5.74, 6) is 3.29. The molecule has 2 saturated carbocycles. The van der Waals surface area contributed by atoms with Crippen LogP contribution in [0.15, 0.2) is 60.7 Å². The van der Waals surface area contributed by atoms with Crippen molar-refractivity contribution in [3.8, 4) is 6.07 Å². The molecule has 3 rings (SSSR count). The molecular formula is C34H49N. The van der Waals surface area contributed by atoms with Gasteiger partial charge in [-0.1, -0.05) is 87.3 Å². The van der Waals surface area contributed by atoms with Gasteiger partial charge in [-0.3, -0.25) is 0 Å². The predicted octanol–water partition coefficient (Wildman–Crippen LogP) is 10.3. The molecule has 0 aliphatic heterocycles. The summed E-state index contributed by atoms with van der Waals surface area (Å²) in [6, 6.07) is 11.7. The molecule has 0 amide bonds. The van der Waals surface area contributed by atoms with Crippen LogP contribution in [0.5, 0.6) is 0 Å². The van der Waals surface area contributed by atoms with Gasteiger partial charge in [0, 0.05) is 6.08 Å². The Morgan fingerprint density at radius 3 is 2.11 bits per heavy atom. The molecule has 0 radical (unpaired) electrons. The molecule has 0 aromatic heterocycles. The van der Waals surface area contributed by atoms with Gasteiger partial charge in [0.1, 0.15) is 0 Å². The van der Waals surface area contributed by atoms with Crippen molar-refractivity contribution >= 4 is 0 Å². The van der Waals surface area contributed by atoms with E-state index in [0.29, 0.717) is 0 Å². The molecule has 1 nitrogen and oxygen atoms in total. The summed E-state index contributed by atoms with van der Waals surface area (Å²) in [5, 5.41) is 8.51. The van der Waals surface area contributed by atoms with Gasteiger partial charge in [0.15, 0.2) is 0 Å². The lowest BCUT2D eigenvalue weighted by atomic mass is 9.76. The minimum Gasteiger partial charge on any atom is -0.193 e. The fourth-order valence-corrected chi connectivity index (χ4v) is 6.12. The highest BCUT2D eigenvalue weighted by Crippen LogP contribution is 2.38. The van der Waals surface area contributed by atoms with E-state index >= 15 is 0 Å². The Balaban J connectivity index is 1.30. The predicted molar refractivity (Wildman–Crippen MR) is 151 cm³/mol. The van der Waals surface area contributed by atoms with Crippen molar-refractivity contribution in [3.63, 3.8) is 0 Å². The number of allylic oxidation sites excluding steroid dienone is 6. The molecule has 2 aliphatic rings. The molecule has 0 atom stereocenters. The van der Waals surface area contributed by atoms with Crippen molar-refractivity contribution in [2.45, 2.75) is 116 Å². The largest absolute Gasteiger partial charge is 0.193 e. The second kappa shape index (κ2) is 16.6. The maximum Gasteiger partial charge on any atom is 0.0912 e. The maximum atomic E-state index is 8.51. The van der Waals surface area contributed by atoms with Crippen molar-refractivity contribution < 1.29 is 0 Å². The minimum atomic E-state index is 0.776. The number of unbranched alkanes of at least 4 members (excludes halogenated alkanes) is 4. The Bertz CT molecular complexity index is 805. The Kier molecular flexibility index (Phi) is 13.0. The topological polar surface area (TPSA) is 23.8 Å². The zero-order valence-corrected chi connectivity index (χ0v) is 22.3. The fraction of sp³-hybridized carbons (Fsp3) is 0.618. The minimum absolute atomic E-state index is 0.776. The van der Waals surface area contributed by atoms with Gasteiger partial charge in [0.25, 0.3) is 0 Å². The van der Waals surface area contributed by atoms with Gasteiger partial charge < -0.3 is 0 Å². The van der Waals surface area contributed by atoms with Gasteiger partial charge in [0.05, 0.1) is 6.07 Å². The van der Waals surface area contributed by atoms with Gasteiger partial charge in [0.2, 0.25) is 0 Å². The van der Waals surface area contributed by atoms with E-state index in [2.05, 4.69) is 49.4 Å². The van der Waals surface area contributed by atoms with Crippen molar-refractivity contribution in [2.24, 2.45) is 17.8 Å². The van der Waals surface area contributed by atoms with Crippen LogP contribution in [-0.4, -0.2) is 0 Å². The first kappa shape index (κ1) is 27.5. The normalized spacial score (nSPS) is 25.5. The van der Waals surface area contributed by atoms with Crippen LogP contribution >= 0.6 is 0 Å². The Morgan fingerprint density at radius 1 is 0.800 bits per heavy atom. The molecular weight excluding hydrogens is 422 g/mol. The van der Waals surface area contributed by atoms with Crippen LogP contribution in [0.25, 0.3) is 0 Å². The number of nitriles is 1. The number of aryl methyl sites for hydroxylation is 1. The zero-order chi connectivity index (χ0) is 24.6. The molecule has 1 heteroatoms. The van der Waals surface area contributed by atoms with E-state index < -0.39 is 0 Å². The Labute approximate surface area is 216 Å². The Morgan fingerprint density at radius 2 is 1.46 bits per heavy atom. The third kappa shape index (κ3) is 10.6. The van der Waals surface area contributed by atoms with E-state index in [1.165, 1.54) is 108 Å². The lowest BCUT2D eigenvalue weighted by Crippen LogP contribution is -2.14. The van der Waals surface area contributed by atoms with Gasteiger partial charge in [-0.05, 0) is 112 Å². The first-order valence-electron chi connectivity index (χ1n) is 14.8. The monoisotopic (exact) mass is 471 g/mol. The first-order valence-corrected chi connectivity index (χ1v) is 14.8. The van der Waals surface area contributed by atoms with Gasteiger partial charge in [-0.15, -0.1) is 0 Å². The van der Waals surface area contributed by atoms with Crippen LogP contribution in [0, 0.1) is 29.1 Å². The molecule has 2 fully saturated rings. The second-order valence-corrected chi connectivity index (χ2v) is 11.2. The zero-order valence-electron chi connectivity index (χ0n) is 22.3. The van der Waals surface area contributed by atoms with Gasteiger partial charge in [-0.2, -0.15) is 5.26 Å². The molecule has 0 saturated heterocycles. The summed E-state index contributed by atoms with van der Waals surface area (Å²) in [6.07, 6.45) is 34.3.